The van der Waals surface area contributed by atoms with Crippen molar-refractivity contribution in [1.29, 1.82) is 0 Å². The molecule has 0 bridgehead atoms. The molecule has 0 heterocycles. The first-order valence-electron chi connectivity index (χ1n) is 6.52. The molecule has 6 nitrogen and oxygen atoms in total. The summed E-state index contributed by atoms with van der Waals surface area (Å²) < 4.78 is 4.55. The zero-order valence-corrected chi connectivity index (χ0v) is 12.5. The van der Waals surface area contributed by atoms with Crippen LogP contribution in [0.25, 0.3) is 0 Å². The number of nitrogens with two attached hydrogens (primary N) is 2. The van der Waals surface area contributed by atoms with Gasteiger partial charge in [-0.2, -0.15) is 0 Å². The van der Waals surface area contributed by atoms with Crippen LogP contribution >= 0.6 is 11.6 Å². The molecule has 0 radical (unpaired) electrons. The molecular weight excluding hydrogens is 296 g/mol. The molecule has 0 aromatic heterocycles. The highest BCUT2D eigenvalue weighted by atomic mass is 35.5. The summed E-state index contributed by atoms with van der Waals surface area (Å²) in [5.74, 6) is -0.933. The maximum absolute atomic E-state index is 10.2. The number of carboxylic acids is 1. The zero-order chi connectivity index (χ0) is 16.1. The standard InChI is InChI=1S/C8H7ClO2.C6H14N2O2/c9-8(10)11-6-7-4-2-1-3-5-7;7-4-2-1-3-5(8)6(9)10/h1-5H,6H2;5H,1-4,7-8H2,(H,9,10)/t;5-/m.0/s1. The van der Waals surface area contributed by atoms with Crippen molar-refractivity contribution >= 4 is 23.0 Å². The van der Waals surface area contributed by atoms with Crippen LogP contribution < -0.4 is 11.5 Å². The van der Waals surface area contributed by atoms with Gasteiger partial charge in [-0.25, -0.2) is 4.79 Å². The van der Waals surface area contributed by atoms with Gasteiger partial charge in [-0.05, 0) is 24.9 Å². The summed E-state index contributed by atoms with van der Waals surface area (Å²) >= 11 is 4.97. The molecule has 0 amide bonds. The highest BCUT2D eigenvalue weighted by molar-refractivity contribution is 6.61. The number of unbranched alkanes of at least 4 members (excludes halogenated alkanes) is 1. The molecule has 7 heteroatoms. The number of halogens is 1. The van der Waals surface area contributed by atoms with E-state index in [0.29, 0.717) is 13.0 Å². The lowest BCUT2D eigenvalue weighted by molar-refractivity contribution is -0.138. The number of carbonyl (C=O) groups is 2. The van der Waals surface area contributed by atoms with E-state index in [1.54, 1.807) is 0 Å². The molecule has 0 aliphatic heterocycles. The zero-order valence-electron chi connectivity index (χ0n) is 11.7. The smallest absolute Gasteiger partial charge is 0.404 e. The first-order valence-corrected chi connectivity index (χ1v) is 6.89. The molecule has 1 aromatic rings. The molecule has 1 atom stereocenters. The molecule has 5 N–H and O–H groups in total. The number of hydrogen-bond acceptors (Lipinski definition) is 5. The van der Waals surface area contributed by atoms with Crippen LogP contribution in [0, 0.1) is 0 Å². The molecule has 0 aliphatic carbocycles. The number of hydrogen-bond donors (Lipinski definition) is 3. The Morgan fingerprint density at radius 2 is 1.86 bits per heavy atom. The van der Waals surface area contributed by atoms with E-state index in [1.807, 2.05) is 30.3 Å². The second-order valence-electron chi connectivity index (χ2n) is 4.24. The van der Waals surface area contributed by atoms with Gasteiger partial charge < -0.3 is 21.3 Å². The van der Waals surface area contributed by atoms with Crippen molar-refractivity contribution in [1.82, 2.24) is 0 Å². The minimum absolute atomic E-state index is 0.239. The number of aliphatic carboxylic acids is 1. The van der Waals surface area contributed by atoms with Crippen molar-refractivity contribution in [3.8, 4) is 0 Å². The van der Waals surface area contributed by atoms with Crippen molar-refractivity contribution in [2.45, 2.75) is 31.9 Å². The summed E-state index contributed by atoms with van der Waals surface area (Å²) in [6.07, 6.45) is 2.16. The first-order chi connectivity index (χ1) is 9.97. The molecule has 0 aliphatic rings. The van der Waals surface area contributed by atoms with Crippen LogP contribution in [0.5, 0.6) is 0 Å². The molecule has 118 valence electrons. The average Bonchev–Trinajstić information content (AvgIpc) is 2.47. The Morgan fingerprint density at radius 1 is 1.24 bits per heavy atom. The Hall–Kier alpha value is -1.63. The molecule has 0 saturated carbocycles. The fourth-order valence-electron chi connectivity index (χ4n) is 1.35. The molecule has 0 unspecified atom stereocenters. The topological polar surface area (TPSA) is 116 Å². The Kier molecular flexibility index (Phi) is 11.2. The predicted molar refractivity (Wildman–Crippen MR) is 81.0 cm³/mol. The van der Waals surface area contributed by atoms with E-state index in [9.17, 15) is 9.59 Å². The van der Waals surface area contributed by atoms with Crippen LogP contribution in [0.3, 0.4) is 0 Å². The van der Waals surface area contributed by atoms with Crippen molar-refractivity contribution in [3.05, 3.63) is 35.9 Å². The van der Waals surface area contributed by atoms with Gasteiger partial charge in [0.05, 0.1) is 0 Å². The third-order valence-electron chi connectivity index (χ3n) is 2.48. The Labute approximate surface area is 129 Å². The van der Waals surface area contributed by atoms with E-state index >= 15 is 0 Å². The number of carboxylic acid groups (broad SMARTS) is 1. The van der Waals surface area contributed by atoms with Gasteiger partial charge >= 0.3 is 11.4 Å². The summed E-state index contributed by atoms with van der Waals surface area (Å²) in [4.78, 5) is 20.3. The van der Waals surface area contributed by atoms with Gasteiger partial charge in [0.15, 0.2) is 0 Å². The van der Waals surface area contributed by atoms with Crippen LogP contribution in [-0.4, -0.2) is 29.1 Å². The Balaban J connectivity index is 0.000000384. The monoisotopic (exact) mass is 316 g/mol. The number of ether oxygens (including phenoxy) is 1. The minimum atomic E-state index is -0.933. The van der Waals surface area contributed by atoms with E-state index in [1.165, 1.54) is 0 Å². The summed E-state index contributed by atoms with van der Waals surface area (Å²) in [6, 6.07) is 8.65. The maximum Gasteiger partial charge on any atom is 0.404 e. The summed E-state index contributed by atoms with van der Waals surface area (Å²) in [5.41, 5.74) is 10.6. The van der Waals surface area contributed by atoms with E-state index in [0.717, 1.165) is 18.4 Å². The van der Waals surface area contributed by atoms with Gasteiger partial charge in [-0.15, -0.1) is 0 Å². The number of benzene rings is 1. The molecule has 0 saturated heterocycles. The molecule has 0 fully saturated rings. The quantitative estimate of drug-likeness (QED) is 0.524. The SMILES string of the molecule is NCCCC[C@H](N)C(=O)O.O=C(Cl)OCc1ccccc1. The molecule has 21 heavy (non-hydrogen) atoms. The molecule has 0 spiro atoms. The molecule has 1 rings (SSSR count). The molecular formula is C14H21ClN2O4. The van der Waals surface area contributed by atoms with Gasteiger partial charge in [0.2, 0.25) is 0 Å². The second-order valence-corrected chi connectivity index (χ2v) is 4.55. The van der Waals surface area contributed by atoms with E-state index < -0.39 is 17.4 Å². The maximum atomic E-state index is 10.2. The number of rotatable bonds is 7. The summed E-state index contributed by atoms with van der Waals surface area (Å²) in [6.45, 7) is 0.843. The highest BCUT2D eigenvalue weighted by Crippen LogP contribution is 2.01. The third-order valence-corrected chi connectivity index (χ3v) is 2.59. The Morgan fingerprint density at radius 3 is 2.33 bits per heavy atom. The average molecular weight is 317 g/mol. The van der Waals surface area contributed by atoms with Crippen molar-refractivity contribution < 1.29 is 19.4 Å². The van der Waals surface area contributed by atoms with Crippen LogP contribution in [-0.2, 0) is 16.1 Å². The van der Waals surface area contributed by atoms with E-state index in [4.69, 9.17) is 28.2 Å². The largest absolute Gasteiger partial charge is 0.480 e. The normalized spacial score (nSPS) is 11.0. The predicted octanol–water partition coefficient (Wildman–Crippen LogP) is 2.09. The van der Waals surface area contributed by atoms with E-state index in [2.05, 4.69) is 4.74 Å². The van der Waals surface area contributed by atoms with Crippen LogP contribution in [0.2, 0.25) is 0 Å². The van der Waals surface area contributed by atoms with Crippen molar-refractivity contribution in [3.63, 3.8) is 0 Å². The minimum Gasteiger partial charge on any atom is -0.480 e. The second kappa shape index (κ2) is 12.1. The van der Waals surface area contributed by atoms with Gasteiger partial charge in [0.25, 0.3) is 0 Å². The lowest BCUT2D eigenvalue weighted by Gasteiger charge is -2.03. The third kappa shape index (κ3) is 11.9. The summed E-state index contributed by atoms with van der Waals surface area (Å²) in [5, 5.41) is 8.33. The van der Waals surface area contributed by atoms with Crippen LogP contribution in [0.15, 0.2) is 30.3 Å². The van der Waals surface area contributed by atoms with Crippen LogP contribution in [0.4, 0.5) is 4.79 Å². The van der Waals surface area contributed by atoms with Crippen molar-refractivity contribution in [2.75, 3.05) is 6.54 Å². The first kappa shape index (κ1) is 19.4. The fourth-order valence-corrected chi connectivity index (χ4v) is 1.40. The fraction of sp³-hybridized carbons (Fsp3) is 0.429. The van der Waals surface area contributed by atoms with Gasteiger partial charge in [-0.1, -0.05) is 36.8 Å². The number of carbonyl (C=O) groups excluding carboxylic acids is 1. The van der Waals surface area contributed by atoms with E-state index in [-0.39, 0.29) is 6.61 Å². The lowest BCUT2D eigenvalue weighted by atomic mass is 10.1. The van der Waals surface area contributed by atoms with Crippen molar-refractivity contribution in [2.24, 2.45) is 11.5 Å². The summed E-state index contributed by atoms with van der Waals surface area (Å²) in [7, 11) is 0. The highest BCUT2D eigenvalue weighted by Gasteiger charge is 2.09. The van der Waals surface area contributed by atoms with Gasteiger partial charge in [-0.3, -0.25) is 4.79 Å². The van der Waals surface area contributed by atoms with Gasteiger partial charge in [0.1, 0.15) is 12.6 Å². The van der Waals surface area contributed by atoms with Gasteiger partial charge in [0, 0.05) is 11.6 Å². The molecule has 1 aromatic carbocycles. The van der Waals surface area contributed by atoms with Crippen LogP contribution in [0.1, 0.15) is 24.8 Å². The lowest BCUT2D eigenvalue weighted by Crippen LogP contribution is -2.29. The Bertz CT molecular complexity index is 415.